The molecule has 112 valence electrons. The van der Waals surface area contributed by atoms with E-state index in [0.29, 0.717) is 5.41 Å². The number of ether oxygens (including phenoxy) is 1. The maximum atomic E-state index is 10.4. The highest BCUT2D eigenvalue weighted by Gasteiger charge is 2.24. The van der Waals surface area contributed by atoms with Crippen LogP contribution < -0.4 is 4.74 Å². The van der Waals surface area contributed by atoms with Crippen LogP contribution in [0.1, 0.15) is 44.8 Å². The van der Waals surface area contributed by atoms with Gasteiger partial charge in [-0.05, 0) is 55.5 Å². The van der Waals surface area contributed by atoms with E-state index in [1.54, 1.807) is 7.11 Å². The maximum absolute atomic E-state index is 10.4. The second-order valence-corrected chi connectivity index (χ2v) is 6.61. The highest BCUT2D eigenvalue weighted by Crippen LogP contribution is 2.30. The molecule has 0 saturated carbocycles. The maximum Gasteiger partial charge on any atom is 0.118 e. The fraction of sp³-hybridized carbons (Fsp3) is 0.647. The standard InChI is InChI=1S/C17H27NO2/c1-17(2)9-4-11-18(12-10-17)13-16(19)14-5-7-15(20-3)8-6-14/h5-8,16,19H,4,9-13H2,1-3H3. The van der Waals surface area contributed by atoms with Gasteiger partial charge >= 0.3 is 0 Å². The first-order valence-electron chi connectivity index (χ1n) is 7.54. The molecule has 2 rings (SSSR count). The van der Waals surface area contributed by atoms with E-state index in [1.807, 2.05) is 24.3 Å². The van der Waals surface area contributed by atoms with Crippen LogP contribution in [0.15, 0.2) is 24.3 Å². The van der Waals surface area contributed by atoms with E-state index in [9.17, 15) is 5.11 Å². The number of methoxy groups -OCH3 is 1. The summed E-state index contributed by atoms with van der Waals surface area (Å²) in [6, 6.07) is 7.71. The second-order valence-electron chi connectivity index (χ2n) is 6.61. The van der Waals surface area contributed by atoms with Gasteiger partial charge in [0.1, 0.15) is 5.75 Å². The molecule has 0 amide bonds. The Hall–Kier alpha value is -1.06. The summed E-state index contributed by atoms with van der Waals surface area (Å²) >= 11 is 0. The Labute approximate surface area is 122 Å². The molecule has 20 heavy (non-hydrogen) atoms. The lowest BCUT2D eigenvalue weighted by Crippen LogP contribution is -2.30. The first-order valence-corrected chi connectivity index (χ1v) is 7.54. The molecule has 1 aliphatic heterocycles. The summed E-state index contributed by atoms with van der Waals surface area (Å²) in [5.41, 5.74) is 1.41. The van der Waals surface area contributed by atoms with Crippen molar-refractivity contribution in [1.29, 1.82) is 0 Å². The van der Waals surface area contributed by atoms with Crippen LogP contribution in [0.5, 0.6) is 5.75 Å². The Bertz CT molecular complexity index is 414. The van der Waals surface area contributed by atoms with Crippen molar-refractivity contribution >= 4 is 0 Å². The Kier molecular flexibility index (Phi) is 5.06. The molecule has 0 aromatic heterocycles. The number of likely N-dealkylation sites (tertiary alicyclic amines) is 1. The first kappa shape index (κ1) is 15.3. The molecular weight excluding hydrogens is 250 g/mol. The molecule has 0 bridgehead atoms. The second kappa shape index (κ2) is 6.59. The third-order valence-electron chi connectivity index (χ3n) is 4.36. The average molecular weight is 277 g/mol. The summed E-state index contributed by atoms with van der Waals surface area (Å²) in [5.74, 6) is 0.831. The predicted octanol–water partition coefficient (Wildman–Crippen LogP) is 3.24. The van der Waals surface area contributed by atoms with E-state index < -0.39 is 6.10 Å². The van der Waals surface area contributed by atoms with E-state index in [4.69, 9.17) is 4.74 Å². The minimum absolute atomic E-state index is 0.415. The fourth-order valence-corrected chi connectivity index (χ4v) is 2.84. The van der Waals surface area contributed by atoms with Crippen LogP contribution in [0.4, 0.5) is 0 Å². The zero-order valence-corrected chi connectivity index (χ0v) is 12.9. The summed E-state index contributed by atoms with van der Waals surface area (Å²) < 4.78 is 5.15. The number of benzene rings is 1. The molecule has 1 saturated heterocycles. The van der Waals surface area contributed by atoms with Gasteiger partial charge in [0.15, 0.2) is 0 Å². The van der Waals surface area contributed by atoms with Crippen LogP contribution in [0.3, 0.4) is 0 Å². The Balaban J connectivity index is 1.91. The fourth-order valence-electron chi connectivity index (χ4n) is 2.84. The quantitative estimate of drug-likeness (QED) is 0.917. The zero-order chi connectivity index (χ0) is 14.6. The molecule has 3 nitrogen and oxygen atoms in total. The topological polar surface area (TPSA) is 32.7 Å². The number of hydrogen-bond acceptors (Lipinski definition) is 3. The lowest BCUT2D eigenvalue weighted by Gasteiger charge is -2.25. The van der Waals surface area contributed by atoms with Gasteiger partial charge in [-0.3, -0.25) is 0 Å². The highest BCUT2D eigenvalue weighted by atomic mass is 16.5. The van der Waals surface area contributed by atoms with Crippen LogP contribution in [0.2, 0.25) is 0 Å². The van der Waals surface area contributed by atoms with Crippen molar-refractivity contribution < 1.29 is 9.84 Å². The summed E-state index contributed by atoms with van der Waals surface area (Å²) in [6.07, 6.45) is 3.30. The molecule has 0 radical (unpaired) electrons. The molecule has 1 fully saturated rings. The number of nitrogens with zero attached hydrogens (tertiary/aromatic N) is 1. The normalized spacial score (nSPS) is 21.2. The van der Waals surface area contributed by atoms with Crippen molar-refractivity contribution in [2.75, 3.05) is 26.7 Å². The minimum atomic E-state index is -0.415. The lowest BCUT2D eigenvalue weighted by molar-refractivity contribution is 0.113. The minimum Gasteiger partial charge on any atom is -0.497 e. The van der Waals surface area contributed by atoms with Gasteiger partial charge < -0.3 is 14.7 Å². The molecule has 1 heterocycles. The van der Waals surface area contributed by atoms with Gasteiger partial charge in [0.2, 0.25) is 0 Å². The van der Waals surface area contributed by atoms with Gasteiger partial charge in [-0.1, -0.05) is 26.0 Å². The number of β-amino-alcohol motifs (C(OH)–C–C–N with tert-alkyl or cyclic N) is 1. The molecule has 0 aliphatic carbocycles. The predicted molar refractivity (Wildman–Crippen MR) is 82.0 cm³/mol. The van der Waals surface area contributed by atoms with Crippen molar-refractivity contribution in [2.24, 2.45) is 5.41 Å². The average Bonchev–Trinajstić information content (AvgIpc) is 2.60. The Morgan fingerprint density at radius 2 is 1.90 bits per heavy atom. The van der Waals surface area contributed by atoms with E-state index >= 15 is 0 Å². The molecule has 1 N–H and O–H groups in total. The number of aliphatic hydroxyl groups excluding tert-OH is 1. The van der Waals surface area contributed by atoms with Gasteiger partial charge in [0, 0.05) is 6.54 Å². The van der Waals surface area contributed by atoms with Gasteiger partial charge in [-0.2, -0.15) is 0 Å². The number of hydrogen-bond donors (Lipinski definition) is 1. The molecule has 3 heteroatoms. The van der Waals surface area contributed by atoms with Gasteiger partial charge in [-0.15, -0.1) is 0 Å². The van der Waals surface area contributed by atoms with Crippen LogP contribution in [-0.4, -0.2) is 36.8 Å². The van der Waals surface area contributed by atoms with Crippen LogP contribution in [0.25, 0.3) is 0 Å². The van der Waals surface area contributed by atoms with Crippen LogP contribution in [-0.2, 0) is 0 Å². The summed E-state index contributed by atoms with van der Waals surface area (Å²) in [7, 11) is 1.66. The number of aliphatic hydroxyl groups is 1. The molecule has 1 unspecified atom stereocenters. The van der Waals surface area contributed by atoms with Crippen LogP contribution >= 0.6 is 0 Å². The molecule has 0 spiro atoms. The van der Waals surface area contributed by atoms with Crippen molar-refractivity contribution in [3.8, 4) is 5.75 Å². The lowest BCUT2D eigenvalue weighted by atomic mass is 9.85. The van der Waals surface area contributed by atoms with Crippen molar-refractivity contribution in [1.82, 2.24) is 4.90 Å². The third kappa shape index (κ3) is 4.22. The third-order valence-corrected chi connectivity index (χ3v) is 4.36. The van der Waals surface area contributed by atoms with Gasteiger partial charge in [0.25, 0.3) is 0 Å². The van der Waals surface area contributed by atoms with Crippen molar-refractivity contribution in [3.05, 3.63) is 29.8 Å². The Morgan fingerprint density at radius 1 is 1.20 bits per heavy atom. The zero-order valence-electron chi connectivity index (χ0n) is 12.9. The van der Waals surface area contributed by atoms with E-state index in [-0.39, 0.29) is 0 Å². The summed E-state index contributed by atoms with van der Waals surface area (Å²) in [5, 5.41) is 10.4. The molecule has 1 aromatic rings. The molecule has 1 aromatic carbocycles. The van der Waals surface area contributed by atoms with E-state index in [2.05, 4.69) is 18.7 Å². The Morgan fingerprint density at radius 3 is 2.55 bits per heavy atom. The van der Waals surface area contributed by atoms with Crippen molar-refractivity contribution in [3.63, 3.8) is 0 Å². The highest BCUT2D eigenvalue weighted by molar-refractivity contribution is 5.28. The smallest absolute Gasteiger partial charge is 0.118 e. The van der Waals surface area contributed by atoms with Crippen molar-refractivity contribution in [2.45, 2.75) is 39.2 Å². The van der Waals surface area contributed by atoms with Gasteiger partial charge in [0.05, 0.1) is 13.2 Å². The van der Waals surface area contributed by atoms with E-state index in [0.717, 1.165) is 30.9 Å². The van der Waals surface area contributed by atoms with E-state index in [1.165, 1.54) is 19.3 Å². The molecule has 1 atom stereocenters. The summed E-state index contributed by atoms with van der Waals surface area (Å²) in [6.45, 7) is 7.59. The molecule has 1 aliphatic rings. The SMILES string of the molecule is COc1ccc(C(O)CN2CCCC(C)(C)CC2)cc1. The summed E-state index contributed by atoms with van der Waals surface area (Å²) in [4.78, 5) is 2.39. The van der Waals surface area contributed by atoms with Crippen LogP contribution in [0, 0.1) is 5.41 Å². The largest absolute Gasteiger partial charge is 0.497 e. The molecular formula is C17H27NO2. The first-order chi connectivity index (χ1) is 9.50. The monoisotopic (exact) mass is 277 g/mol. The number of rotatable bonds is 4. The van der Waals surface area contributed by atoms with Gasteiger partial charge in [-0.25, -0.2) is 0 Å².